The summed E-state index contributed by atoms with van der Waals surface area (Å²) in [6.07, 6.45) is 7.85. The molecule has 1 heterocycles. The standard InChI is InChI=1S/C25H35NO6/c1-6-13(3)16-8-7-15-10-12(2)9-14(4)18(15)19(16)22(28)20-21(27)17(26-23(20)29)11-25(5,32)24(30)31/h6-8,12,14-19,28,32H,9-11H2,1-5H3,(H,26,29)(H,30,31)/b13-6+,22-20+/t12-,14+,15-,16+,17?,18-,19-,25?/m0/s1. The lowest BCUT2D eigenvalue weighted by atomic mass is 9.57. The number of nitrogens with one attached hydrogen (secondary N) is 1. The Morgan fingerprint density at radius 3 is 2.47 bits per heavy atom. The largest absolute Gasteiger partial charge is 0.511 e. The van der Waals surface area contributed by atoms with E-state index in [0.717, 1.165) is 25.3 Å². The predicted octanol–water partition coefficient (Wildman–Crippen LogP) is 3.16. The van der Waals surface area contributed by atoms with E-state index in [9.17, 15) is 29.7 Å². The number of allylic oxidation sites excluding steroid dienone is 5. The van der Waals surface area contributed by atoms with Gasteiger partial charge in [0.05, 0.1) is 6.04 Å². The Morgan fingerprint density at radius 2 is 1.88 bits per heavy atom. The molecule has 0 aromatic rings. The summed E-state index contributed by atoms with van der Waals surface area (Å²) in [6, 6.07) is -1.19. The maximum atomic E-state index is 13.1. The Bertz CT molecular complexity index is 898. The van der Waals surface area contributed by atoms with Crippen LogP contribution in [-0.2, 0) is 14.4 Å². The number of hydrogen-bond acceptors (Lipinski definition) is 5. The van der Waals surface area contributed by atoms with Crippen LogP contribution in [0.1, 0.15) is 53.9 Å². The molecule has 3 rings (SSSR count). The van der Waals surface area contributed by atoms with Gasteiger partial charge in [0.2, 0.25) is 0 Å². The number of aliphatic hydroxyl groups is 2. The molecule has 2 fully saturated rings. The number of hydrogen-bond donors (Lipinski definition) is 4. The summed E-state index contributed by atoms with van der Waals surface area (Å²) in [6.45, 7) is 9.40. The van der Waals surface area contributed by atoms with Crippen molar-refractivity contribution >= 4 is 17.7 Å². The fraction of sp³-hybridized carbons (Fsp3) is 0.640. The zero-order valence-electron chi connectivity index (χ0n) is 19.5. The zero-order chi connectivity index (χ0) is 24.0. The number of carboxylic acids is 1. The van der Waals surface area contributed by atoms with E-state index in [0.29, 0.717) is 11.8 Å². The molecule has 1 saturated heterocycles. The van der Waals surface area contributed by atoms with Crippen LogP contribution < -0.4 is 5.32 Å². The number of aliphatic carboxylic acids is 1. The van der Waals surface area contributed by atoms with E-state index in [1.807, 2.05) is 19.9 Å². The first-order chi connectivity index (χ1) is 14.9. The van der Waals surface area contributed by atoms with Crippen LogP contribution >= 0.6 is 0 Å². The quantitative estimate of drug-likeness (QED) is 0.223. The van der Waals surface area contributed by atoms with Gasteiger partial charge in [0, 0.05) is 18.3 Å². The highest BCUT2D eigenvalue weighted by Gasteiger charge is 2.49. The van der Waals surface area contributed by atoms with Gasteiger partial charge in [-0.25, -0.2) is 4.79 Å². The molecular weight excluding hydrogens is 410 g/mol. The van der Waals surface area contributed by atoms with Crippen LogP contribution in [-0.4, -0.2) is 44.6 Å². The highest BCUT2D eigenvalue weighted by atomic mass is 16.4. The summed E-state index contributed by atoms with van der Waals surface area (Å²) in [5, 5.41) is 33.2. The molecule has 2 aliphatic carbocycles. The van der Waals surface area contributed by atoms with Crippen molar-refractivity contribution in [2.45, 2.75) is 65.5 Å². The molecule has 2 unspecified atom stereocenters. The smallest absolute Gasteiger partial charge is 0.335 e. The van der Waals surface area contributed by atoms with E-state index in [1.54, 1.807) is 0 Å². The minimum atomic E-state index is -2.17. The van der Waals surface area contributed by atoms with E-state index < -0.39 is 41.6 Å². The monoisotopic (exact) mass is 445 g/mol. The lowest BCUT2D eigenvalue weighted by Crippen LogP contribution is -2.43. The number of rotatable bonds is 5. The van der Waals surface area contributed by atoms with Crippen molar-refractivity contribution in [3.8, 4) is 0 Å². The van der Waals surface area contributed by atoms with Crippen LogP contribution in [0.4, 0.5) is 0 Å². The number of Topliss-reactive ketones (excluding diaryl/α,β-unsaturated/α-hetero) is 1. The predicted molar refractivity (Wildman–Crippen MR) is 120 cm³/mol. The van der Waals surface area contributed by atoms with Crippen molar-refractivity contribution in [2.75, 3.05) is 0 Å². The van der Waals surface area contributed by atoms with Crippen molar-refractivity contribution in [3.05, 3.63) is 35.1 Å². The van der Waals surface area contributed by atoms with Gasteiger partial charge >= 0.3 is 5.97 Å². The molecule has 0 radical (unpaired) electrons. The molecule has 4 N–H and O–H groups in total. The summed E-state index contributed by atoms with van der Waals surface area (Å²) in [7, 11) is 0. The SMILES string of the molecule is C/C=C(\C)[C@H]1C=C[C@H]2C[C@@H](C)C[C@@H](C)[C@@H]2[C@H]1/C(O)=C1\C(=O)NC(CC(C)(O)C(=O)O)C1=O. The molecule has 0 spiro atoms. The molecule has 1 amide bonds. The third-order valence-electron chi connectivity index (χ3n) is 7.68. The van der Waals surface area contributed by atoms with E-state index in [-0.39, 0.29) is 29.1 Å². The third kappa shape index (κ3) is 4.27. The maximum Gasteiger partial charge on any atom is 0.335 e. The van der Waals surface area contributed by atoms with Crippen molar-refractivity contribution in [1.29, 1.82) is 0 Å². The van der Waals surface area contributed by atoms with E-state index in [2.05, 4.69) is 31.3 Å². The molecule has 0 aromatic heterocycles. The highest BCUT2D eigenvalue weighted by Crippen LogP contribution is 2.51. The van der Waals surface area contributed by atoms with Gasteiger partial charge in [0.1, 0.15) is 11.3 Å². The van der Waals surface area contributed by atoms with Crippen LogP contribution in [0, 0.1) is 35.5 Å². The lowest BCUT2D eigenvalue weighted by molar-refractivity contribution is -0.158. The summed E-state index contributed by atoms with van der Waals surface area (Å²) >= 11 is 0. The van der Waals surface area contributed by atoms with Crippen LogP contribution in [0.25, 0.3) is 0 Å². The number of amides is 1. The van der Waals surface area contributed by atoms with E-state index in [4.69, 9.17) is 0 Å². The van der Waals surface area contributed by atoms with Crippen molar-refractivity contribution in [2.24, 2.45) is 35.5 Å². The maximum absolute atomic E-state index is 13.1. The Labute approximate surface area is 189 Å². The highest BCUT2D eigenvalue weighted by molar-refractivity contribution is 6.27. The van der Waals surface area contributed by atoms with Gasteiger partial charge in [-0.1, -0.05) is 37.6 Å². The summed E-state index contributed by atoms with van der Waals surface area (Å²) < 4.78 is 0. The number of carbonyl (C=O) groups excluding carboxylic acids is 2. The fourth-order valence-electron chi connectivity index (χ4n) is 5.98. The summed E-state index contributed by atoms with van der Waals surface area (Å²) in [5.41, 5.74) is -1.41. The van der Waals surface area contributed by atoms with E-state index >= 15 is 0 Å². The van der Waals surface area contributed by atoms with Gasteiger partial charge in [0.15, 0.2) is 11.4 Å². The van der Waals surface area contributed by atoms with E-state index in [1.165, 1.54) is 0 Å². The average molecular weight is 446 g/mol. The molecule has 32 heavy (non-hydrogen) atoms. The average Bonchev–Trinajstić information content (AvgIpc) is 2.98. The van der Waals surface area contributed by atoms with Crippen LogP contribution in [0.15, 0.2) is 35.1 Å². The Kier molecular flexibility index (Phi) is 6.70. The first-order valence-corrected chi connectivity index (χ1v) is 11.4. The second-order valence-electron chi connectivity index (χ2n) is 10.2. The molecule has 176 valence electrons. The zero-order valence-corrected chi connectivity index (χ0v) is 19.5. The second kappa shape index (κ2) is 8.85. The number of carboxylic acid groups (broad SMARTS) is 1. The fourth-order valence-corrected chi connectivity index (χ4v) is 5.98. The second-order valence-corrected chi connectivity index (χ2v) is 10.2. The van der Waals surface area contributed by atoms with Gasteiger partial charge in [-0.3, -0.25) is 9.59 Å². The summed E-state index contributed by atoms with van der Waals surface area (Å²) in [4.78, 5) is 37.1. The van der Waals surface area contributed by atoms with Crippen molar-refractivity contribution in [1.82, 2.24) is 5.32 Å². The lowest BCUT2D eigenvalue weighted by Gasteiger charge is -2.47. The molecule has 1 aliphatic heterocycles. The topological polar surface area (TPSA) is 124 Å². The van der Waals surface area contributed by atoms with Gasteiger partial charge in [-0.05, 0) is 57.3 Å². The number of fused-ring (bicyclic) bond motifs is 1. The van der Waals surface area contributed by atoms with Gasteiger partial charge in [0.25, 0.3) is 5.91 Å². The van der Waals surface area contributed by atoms with Crippen molar-refractivity contribution in [3.63, 3.8) is 0 Å². The van der Waals surface area contributed by atoms with Crippen LogP contribution in [0.5, 0.6) is 0 Å². The van der Waals surface area contributed by atoms with Gasteiger partial charge in [-0.15, -0.1) is 0 Å². The number of carbonyl (C=O) groups is 3. The molecular formula is C25H35NO6. The molecule has 7 heteroatoms. The Hall–Kier alpha value is -2.41. The molecule has 3 aliphatic rings. The van der Waals surface area contributed by atoms with Crippen molar-refractivity contribution < 1.29 is 29.7 Å². The summed E-state index contributed by atoms with van der Waals surface area (Å²) in [5.74, 6) is -2.39. The number of aliphatic hydroxyl groups excluding tert-OH is 1. The Morgan fingerprint density at radius 1 is 1.22 bits per heavy atom. The molecule has 0 aromatic carbocycles. The third-order valence-corrected chi connectivity index (χ3v) is 7.68. The first kappa shape index (κ1) is 24.2. The van der Waals surface area contributed by atoms with Gasteiger partial charge < -0.3 is 20.6 Å². The molecule has 7 nitrogen and oxygen atoms in total. The van der Waals surface area contributed by atoms with Crippen LogP contribution in [0.3, 0.4) is 0 Å². The minimum absolute atomic E-state index is 0.0883. The normalized spacial score (nSPS) is 38.7. The van der Waals surface area contributed by atoms with Gasteiger partial charge in [-0.2, -0.15) is 0 Å². The molecule has 1 saturated carbocycles. The minimum Gasteiger partial charge on any atom is -0.511 e. The molecule has 8 atom stereocenters. The van der Waals surface area contributed by atoms with Crippen LogP contribution in [0.2, 0.25) is 0 Å². The molecule has 0 bridgehead atoms. The Balaban J connectivity index is 2.04. The first-order valence-electron chi connectivity index (χ1n) is 11.4. The number of ketones is 1.